The summed E-state index contributed by atoms with van der Waals surface area (Å²) in [6, 6.07) is 2.12. The van der Waals surface area contributed by atoms with E-state index in [1.807, 2.05) is 4.90 Å². The summed E-state index contributed by atoms with van der Waals surface area (Å²) in [4.78, 5) is 37.6. The third-order valence-corrected chi connectivity index (χ3v) is 5.56. The molecule has 1 saturated heterocycles. The molecule has 4 rings (SSSR count). The number of hydrogen-bond donors (Lipinski definition) is 3. The van der Waals surface area contributed by atoms with Gasteiger partial charge in [-0.3, -0.25) is 9.59 Å². The zero-order valence-corrected chi connectivity index (χ0v) is 16.0. The molecule has 2 aliphatic rings. The lowest BCUT2D eigenvalue weighted by atomic mass is 10.1. The highest BCUT2D eigenvalue weighted by Crippen LogP contribution is 2.38. The number of benzene rings is 1. The fourth-order valence-corrected chi connectivity index (χ4v) is 3.84. The number of halogens is 1. The molecule has 8 nitrogen and oxygen atoms in total. The maximum atomic E-state index is 14.9. The smallest absolute Gasteiger partial charge is 0.341 e. The number of carboxylic acid groups (broad SMARTS) is 1. The quantitative estimate of drug-likeness (QED) is 0.692. The molecule has 1 amide bonds. The summed E-state index contributed by atoms with van der Waals surface area (Å²) < 4.78 is 16.7. The predicted molar refractivity (Wildman–Crippen MR) is 106 cm³/mol. The van der Waals surface area contributed by atoms with Crippen LogP contribution in [0.5, 0.6) is 0 Å². The molecular formula is C20H23FN4O4. The van der Waals surface area contributed by atoms with Crippen LogP contribution in [0.25, 0.3) is 10.9 Å². The number of pyridine rings is 1. The lowest BCUT2D eigenvalue weighted by molar-refractivity contribution is -0.122. The van der Waals surface area contributed by atoms with Crippen molar-refractivity contribution in [2.24, 2.45) is 5.73 Å². The Bertz CT molecular complexity index is 1060. The van der Waals surface area contributed by atoms with E-state index < -0.39 is 23.3 Å². The Kier molecular flexibility index (Phi) is 4.77. The van der Waals surface area contributed by atoms with Gasteiger partial charge >= 0.3 is 5.97 Å². The number of carbonyl (C=O) groups excluding carboxylic acids is 1. The summed E-state index contributed by atoms with van der Waals surface area (Å²) in [5.74, 6) is -2.15. The van der Waals surface area contributed by atoms with Crippen molar-refractivity contribution in [3.8, 4) is 0 Å². The Balaban J connectivity index is 1.72. The number of fused-ring (bicyclic) bond motifs is 1. The minimum absolute atomic E-state index is 0.0686. The van der Waals surface area contributed by atoms with Crippen molar-refractivity contribution in [1.29, 1.82) is 0 Å². The highest BCUT2D eigenvalue weighted by Gasteiger charge is 2.30. The van der Waals surface area contributed by atoms with E-state index in [-0.39, 0.29) is 28.9 Å². The maximum absolute atomic E-state index is 14.9. The van der Waals surface area contributed by atoms with E-state index in [1.165, 1.54) is 6.20 Å². The van der Waals surface area contributed by atoms with Crippen molar-refractivity contribution in [2.45, 2.75) is 44.3 Å². The molecule has 1 aromatic carbocycles. The molecule has 2 aromatic rings. The standard InChI is InChI=1S/C20H23FN4O4/c1-10(22)19(27)23-11-4-5-24(8-11)17-7-16-13(6-15(17)21)18(26)14(20(28)29)9-25(16)12-2-3-12/h6-7,9-12H,2-5,8,22H2,1H3,(H,23,27)(H,28,29)/t10-,11-/m0/s1. The topological polar surface area (TPSA) is 118 Å². The maximum Gasteiger partial charge on any atom is 0.341 e. The highest BCUT2D eigenvalue weighted by atomic mass is 19.1. The molecule has 1 aromatic heterocycles. The first kappa shape index (κ1) is 19.4. The molecule has 29 heavy (non-hydrogen) atoms. The number of aromatic carboxylic acids is 1. The summed E-state index contributed by atoms with van der Waals surface area (Å²) >= 11 is 0. The van der Waals surface area contributed by atoms with Crippen LogP contribution in [0.15, 0.2) is 23.1 Å². The summed E-state index contributed by atoms with van der Waals surface area (Å²) in [5.41, 5.74) is 5.42. The highest BCUT2D eigenvalue weighted by molar-refractivity contribution is 5.93. The molecule has 0 radical (unpaired) electrons. The first-order chi connectivity index (χ1) is 13.8. The average Bonchev–Trinajstić information content (AvgIpc) is 3.40. The second kappa shape index (κ2) is 7.14. The SMILES string of the molecule is C[C@H](N)C(=O)N[C@H]1CCN(c2cc3c(cc2F)c(=O)c(C(=O)O)cn3C2CC2)C1. The van der Waals surface area contributed by atoms with E-state index in [4.69, 9.17) is 5.73 Å². The average molecular weight is 402 g/mol. The number of carboxylic acids is 1. The van der Waals surface area contributed by atoms with Gasteiger partial charge in [-0.2, -0.15) is 0 Å². The van der Waals surface area contributed by atoms with Crippen LogP contribution >= 0.6 is 0 Å². The zero-order valence-electron chi connectivity index (χ0n) is 16.0. The summed E-state index contributed by atoms with van der Waals surface area (Å²) in [5, 5.41) is 12.3. The minimum atomic E-state index is -1.32. The normalized spacial score (nSPS) is 20.1. The van der Waals surface area contributed by atoms with Gasteiger partial charge in [0, 0.05) is 36.8 Å². The van der Waals surface area contributed by atoms with E-state index in [0.29, 0.717) is 30.7 Å². The van der Waals surface area contributed by atoms with Crippen molar-refractivity contribution in [2.75, 3.05) is 18.0 Å². The van der Waals surface area contributed by atoms with Crippen molar-refractivity contribution < 1.29 is 19.1 Å². The van der Waals surface area contributed by atoms with Gasteiger partial charge in [-0.15, -0.1) is 0 Å². The van der Waals surface area contributed by atoms with Crippen LogP contribution in [0.3, 0.4) is 0 Å². The van der Waals surface area contributed by atoms with E-state index in [2.05, 4.69) is 5.32 Å². The van der Waals surface area contributed by atoms with Crippen LogP contribution in [-0.2, 0) is 4.79 Å². The fraction of sp³-hybridized carbons (Fsp3) is 0.450. The Morgan fingerprint density at radius 2 is 2.03 bits per heavy atom. The summed E-state index contributed by atoms with van der Waals surface area (Å²) in [6.45, 7) is 2.59. The van der Waals surface area contributed by atoms with Gasteiger partial charge in [0.15, 0.2) is 0 Å². The Labute approximate surface area is 166 Å². The zero-order chi connectivity index (χ0) is 20.9. The molecule has 1 saturated carbocycles. The second-order valence-electron chi connectivity index (χ2n) is 7.87. The van der Waals surface area contributed by atoms with E-state index in [9.17, 15) is 23.9 Å². The number of nitrogens with zero attached hydrogens (tertiary/aromatic N) is 2. The molecule has 1 aliphatic carbocycles. The van der Waals surface area contributed by atoms with Gasteiger partial charge in [-0.05, 0) is 38.3 Å². The molecular weight excluding hydrogens is 379 g/mol. The van der Waals surface area contributed by atoms with E-state index >= 15 is 0 Å². The van der Waals surface area contributed by atoms with Crippen molar-refractivity contribution in [1.82, 2.24) is 9.88 Å². The van der Waals surface area contributed by atoms with Crippen LogP contribution < -0.4 is 21.4 Å². The monoisotopic (exact) mass is 402 g/mol. The molecule has 9 heteroatoms. The molecule has 1 aliphatic heterocycles. The van der Waals surface area contributed by atoms with Gasteiger partial charge in [0.1, 0.15) is 11.4 Å². The van der Waals surface area contributed by atoms with Gasteiger partial charge in [0.2, 0.25) is 11.3 Å². The Morgan fingerprint density at radius 1 is 1.31 bits per heavy atom. The minimum Gasteiger partial charge on any atom is -0.477 e. The number of nitrogens with two attached hydrogens (primary N) is 1. The van der Waals surface area contributed by atoms with Crippen molar-refractivity contribution >= 4 is 28.5 Å². The molecule has 0 bridgehead atoms. The van der Waals surface area contributed by atoms with Crippen LogP contribution in [-0.4, -0.2) is 46.7 Å². The first-order valence-corrected chi connectivity index (χ1v) is 9.69. The number of hydrogen-bond acceptors (Lipinski definition) is 5. The Morgan fingerprint density at radius 3 is 2.66 bits per heavy atom. The van der Waals surface area contributed by atoms with Gasteiger partial charge in [0.25, 0.3) is 0 Å². The van der Waals surface area contributed by atoms with Gasteiger partial charge in [-0.1, -0.05) is 0 Å². The predicted octanol–water partition coefficient (Wildman–Crippen LogP) is 1.22. The first-order valence-electron chi connectivity index (χ1n) is 9.69. The molecule has 154 valence electrons. The second-order valence-corrected chi connectivity index (χ2v) is 7.87. The number of nitrogens with one attached hydrogen (secondary N) is 1. The van der Waals surface area contributed by atoms with Gasteiger partial charge in [0.05, 0.1) is 17.2 Å². The molecule has 0 unspecified atom stereocenters. The lowest BCUT2D eigenvalue weighted by Crippen LogP contribution is -2.45. The van der Waals surface area contributed by atoms with E-state index in [0.717, 1.165) is 18.9 Å². The molecule has 0 spiro atoms. The summed E-state index contributed by atoms with van der Waals surface area (Å²) in [7, 11) is 0. The van der Waals surface area contributed by atoms with Crippen LogP contribution in [0.1, 0.15) is 42.6 Å². The van der Waals surface area contributed by atoms with Crippen LogP contribution in [0.2, 0.25) is 0 Å². The summed E-state index contributed by atoms with van der Waals surface area (Å²) in [6.07, 6.45) is 3.79. The van der Waals surface area contributed by atoms with Crippen molar-refractivity contribution in [3.63, 3.8) is 0 Å². The third kappa shape index (κ3) is 3.57. The lowest BCUT2D eigenvalue weighted by Gasteiger charge is -2.22. The van der Waals surface area contributed by atoms with Crippen LogP contribution in [0, 0.1) is 5.82 Å². The van der Waals surface area contributed by atoms with Crippen LogP contribution in [0.4, 0.5) is 10.1 Å². The molecule has 2 fully saturated rings. The number of rotatable bonds is 5. The number of aromatic nitrogens is 1. The molecule has 4 N–H and O–H groups in total. The van der Waals surface area contributed by atoms with E-state index in [1.54, 1.807) is 17.6 Å². The number of anilines is 1. The van der Waals surface area contributed by atoms with Crippen molar-refractivity contribution in [3.05, 3.63) is 39.9 Å². The number of carbonyl (C=O) groups is 2. The largest absolute Gasteiger partial charge is 0.477 e. The molecule has 2 heterocycles. The fourth-order valence-electron chi connectivity index (χ4n) is 3.84. The Hall–Kier alpha value is -2.94. The van der Waals surface area contributed by atoms with Gasteiger partial charge in [-0.25, -0.2) is 9.18 Å². The number of amides is 1. The third-order valence-electron chi connectivity index (χ3n) is 5.56. The molecule has 2 atom stereocenters. The van der Waals surface area contributed by atoms with Gasteiger partial charge < -0.3 is 25.6 Å².